The van der Waals surface area contributed by atoms with Gasteiger partial charge in [-0.15, -0.1) is 0 Å². The topological polar surface area (TPSA) is 4.36 Å². The highest BCUT2D eigenvalue weighted by Gasteiger charge is 1.95. The molecule has 0 aromatic heterocycles. The minimum Gasteiger partial charge on any atom is -0.0718 e. The Morgan fingerprint density at radius 2 is 2.00 bits per heavy atom. The lowest BCUT2D eigenvalue weighted by Crippen LogP contribution is -1.73. The molecular formula is C10H12NS+. The van der Waals surface area contributed by atoms with Crippen LogP contribution in [0.15, 0.2) is 29.2 Å². The molecule has 2 heteroatoms. The Balaban J connectivity index is 2.51. The van der Waals surface area contributed by atoms with Crippen molar-refractivity contribution in [3.05, 3.63) is 34.7 Å². The molecule has 0 amide bonds. The molecule has 0 saturated carbocycles. The number of hydrogen-bond acceptors (Lipinski definition) is 1. The van der Waals surface area contributed by atoms with E-state index >= 15 is 0 Å². The first-order valence-electron chi connectivity index (χ1n) is 3.85. The lowest BCUT2D eigenvalue weighted by molar-refractivity contribution is 1.38. The third-order valence-corrected chi connectivity index (χ3v) is 2.34. The van der Waals surface area contributed by atoms with E-state index in [0.29, 0.717) is 0 Å². The average Bonchev–Trinajstić information content (AvgIpc) is 2.09. The fraction of sp³-hybridized carbons (Fsp3) is 0.300. The van der Waals surface area contributed by atoms with Crippen LogP contribution in [0.25, 0.3) is 4.85 Å². The van der Waals surface area contributed by atoms with Gasteiger partial charge in [0.05, 0.1) is 6.92 Å². The zero-order chi connectivity index (χ0) is 8.81. The fourth-order valence-corrected chi connectivity index (χ4v) is 1.48. The first-order chi connectivity index (χ1) is 5.83. The lowest BCUT2D eigenvalue weighted by Gasteiger charge is -1.93. The summed E-state index contributed by atoms with van der Waals surface area (Å²) in [6.07, 6.45) is 0. The molecule has 62 valence electrons. The van der Waals surface area contributed by atoms with Crippen molar-refractivity contribution in [3.63, 3.8) is 0 Å². The summed E-state index contributed by atoms with van der Waals surface area (Å²) >= 11 is 1.72. The molecule has 1 aromatic carbocycles. The predicted octanol–water partition coefficient (Wildman–Crippen LogP) is 3.40. The van der Waals surface area contributed by atoms with E-state index in [1.807, 2.05) is 6.92 Å². The van der Waals surface area contributed by atoms with Crippen LogP contribution in [0, 0.1) is 13.0 Å². The number of benzene rings is 1. The number of aryl methyl sites for hydroxylation is 1. The van der Waals surface area contributed by atoms with Crippen molar-refractivity contribution >= 4 is 11.8 Å². The molecule has 0 radical (unpaired) electrons. The van der Waals surface area contributed by atoms with Gasteiger partial charge < -0.3 is 0 Å². The Kier molecular flexibility index (Phi) is 3.69. The van der Waals surface area contributed by atoms with Crippen LogP contribution in [0.1, 0.15) is 12.5 Å². The lowest BCUT2D eigenvalue weighted by atomic mass is 10.2. The quantitative estimate of drug-likeness (QED) is 0.628. The van der Waals surface area contributed by atoms with Crippen molar-refractivity contribution < 1.29 is 0 Å². The van der Waals surface area contributed by atoms with Gasteiger partial charge in [0.1, 0.15) is 0 Å². The molecule has 0 heterocycles. The van der Waals surface area contributed by atoms with Gasteiger partial charge in [0.15, 0.2) is 0 Å². The minimum absolute atomic E-state index is 0.763. The molecule has 0 aliphatic rings. The molecule has 0 atom stereocenters. The zero-order valence-corrected chi connectivity index (χ0v) is 8.19. The molecule has 1 rings (SSSR count). The van der Waals surface area contributed by atoms with E-state index in [1.54, 1.807) is 11.8 Å². The maximum atomic E-state index is 4.00. The predicted molar refractivity (Wildman–Crippen MR) is 54.8 cm³/mol. The summed E-state index contributed by atoms with van der Waals surface area (Å²) < 4.78 is 0. The summed E-state index contributed by atoms with van der Waals surface area (Å²) in [4.78, 5) is 5.27. The second-order valence-electron chi connectivity index (χ2n) is 2.47. The molecule has 0 spiro atoms. The summed E-state index contributed by atoms with van der Waals surface area (Å²) in [7, 11) is 0. The molecule has 0 N–H and O–H groups in total. The van der Waals surface area contributed by atoms with Gasteiger partial charge in [0.25, 0.3) is 6.07 Å². The van der Waals surface area contributed by atoms with Crippen LogP contribution in [0.3, 0.4) is 0 Å². The third kappa shape index (κ3) is 2.98. The van der Waals surface area contributed by atoms with Gasteiger partial charge in [-0.3, -0.25) is 0 Å². The molecular weight excluding hydrogens is 166 g/mol. The van der Waals surface area contributed by atoms with E-state index in [9.17, 15) is 0 Å². The Bertz CT molecular complexity index is 292. The van der Waals surface area contributed by atoms with Gasteiger partial charge in [0.2, 0.25) is 0 Å². The van der Waals surface area contributed by atoms with Crippen LogP contribution in [-0.2, 0) is 0 Å². The van der Waals surface area contributed by atoms with Crippen LogP contribution in [0.2, 0.25) is 0 Å². The van der Waals surface area contributed by atoms with Crippen molar-refractivity contribution in [2.75, 3.05) is 5.88 Å². The van der Waals surface area contributed by atoms with Crippen LogP contribution in [0.5, 0.6) is 0 Å². The average molecular weight is 178 g/mol. The highest BCUT2D eigenvalue weighted by Crippen LogP contribution is 2.17. The summed E-state index contributed by atoms with van der Waals surface area (Å²) in [5.41, 5.74) is 1.30. The molecule has 1 aromatic rings. The summed E-state index contributed by atoms with van der Waals surface area (Å²) in [5.74, 6) is 0.763. The molecule has 1 nitrogen and oxygen atoms in total. The van der Waals surface area contributed by atoms with Gasteiger partial charge >= 0.3 is 5.88 Å². The van der Waals surface area contributed by atoms with E-state index < -0.39 is 0 Å². The van der Waals surface area contributed by atoms with E-state index in [2.05, 4.69) is 42.1 Å². The standard InChI is InChI=1S/C10H12NS/c1-3-11-8-12-10-6-4-9(2)5-7-10/h4-7H,8H2,1-2H3/q+1. The summed E-state index contributed by atoms with van der Waals surface area (Å²) in [5, 5.41) is 0. The van der Waals surface area contributed by atoms with Crippen molar-refractivity contribution in [1.29, 1.82) is 0 Å². The van der Waals surface area contributed by atoms with Crippen LogP contribution in [0.4, 0.5) is 0 Å². The number of hydrogen-bond donors (Lipinski definition) is 0. The molecule has 0 aliphatic carbocycles. The van der Waals surface area contributed by atoms with Gasteiger partial charge in [-0.05, 0) is 30.8 Å². The molecule has 12 heavy (non-hydrogen) atoms. The van der Waals surface area contributed by atoms with Gasteiger partial charge in [-0.2, -0.15) is 0 Å². The maximum Gasteiger partial charge on any atom is 0.313 e. The smallest absolute Gasteiger partial charge is 0.0718 e. The number of rotatable bonds is 2. The normalized spacial score (nSPS) is 8.83. The Morgan fingerprint density at radius 1 is 1.33 bits per heavy atom. The first kappa shape index (κ1) is 9.15. The molecule has 0 saturated heterocycles. The highest BCUT2D eigenvalue weighted by atomic mass is 32.2. The molecule has 0 aliphatic heterocycles. The van der Waals surface area contributed by atoms with Crippen LogP contribution < -0.4 is 0 Å². The molecule has 0 unspecified atom stereocenters. The SMILES string of the molecule is CC#[N+]CSc1ccc(C)cc1. The van der Waals surface area contributed by atoms with E-state index in [4.69, 9.17) is 0 Å². The second kappa shape index (κ2) is 4.84. The minimum atomic E-state index is 0.763. The van der Waals surface area contributed by atoms with Crippen LogP contribution >= 0.6 is 11.8 Å². The molecule has 0 bridgehead atoms. The second-order valence-corrected chi connectivity index (χ2v) is 3.49. The van der Waals surface area contributed by atoms with Gasteiger partial charge in [-0.1, -0.05) is 22.5 Å². The zero-order valence-electron chi connectivity index (χ0n) is 7.37. The Morgan fingerprint density at radius 3 is 2.58 bits per heavy atom. The van der Waals surface area contributed by atoms with E-state index in [1.165, 1.54) is 10.5 Å². The summed E-state index contributed by atoms with van der Waals surface area (Å²) in [6, 6.07) is 11.2. The van der Waals surface area contributed by atoms with E-state index in [0.717, 1.165) is 5.88 Å². The number of nitrogens with zero attached hydrogens (tertiary/aromatic N) is 1. The number of thioether (sulfide) groups is 1. The Labute approximate surface area is 77.6 Å². The fourth-order valence-electron chi connectivity index (χ4n) is 0.806. The Hall–Kier alpha value is -0.940. The first-order valence-corrected chi connectivity index (χ1v) is 4.84. The third-order valence-electron chi connectivity index (χ3n) is 1.47. The summed E-state index contributed by atoms with van der Waals surface area (Å²) in [6.45, 7) is 3.90. The van der Waals surface area contributed by atoms with Gasteiger partial charge in [0, 0.05) is 4.90 Å². The van der Waals surface area contributed by atoms with Crippen molar-refractivity contribution in [2.24, 2.45) is 0 Å². The molecule has 0 fully saturated rings. The monoisotopic (exact) mass is 178 g/mol. The maximum absolute atomic E-state index is 4.00. The van der Waals surface area contributed by atoms with Crippen molar-refractivity contribution in [2.45, 2.75) is 18.7 Å². The van der Waals surface area contributed by atoms with Gasteiger partial charge in [-0.25, -0.2) is 0 Å². The van der Waals surface area contributed by atoms with Crippen molar-refractivity contribution in [3.8, 4) is 6.07 Å². The largest absolute Gasteiger partial charge is 0.313 e. The van der Waals surface area contributed by atoms with Crippen LogP contribution in [-0.4, -0.2) is 5.88 Å². The van der Waals surface area contributed by atoms with Crippen molar-refractivity contribution in [1.82, 2.24) is 0 Å². The highest BCUT2D eigenvalue weighted by molar-refractivity contribution is 7.99. The van der Waals surface area contributed by atoms with E-state index in [-0.39, 0.29) is 0 Å².